The van der Waals surface area contributed by atoms with Gasteiger partial charge in [-0.25, -0.2) is 19.3 Å². The van der Waals surface area contributed by atoms with E-state index in [0.717, 1.165) is 44.1 Å². The normalized spacial score (nSPS) is 32.6. The molecule has 2 unspecified atom stereocenters. The van der Waals surface area contributed by atoms with Crippen LogP contribution in [0.4, 0.5) is 4.79 Å². The zero-order valence-electron chi connectivity index (χ0n) is 30.1. The first-order valence-electron chi connectivity index (χ1n) is 18.3. The standard InChI is InChI=1S/C22H27NO6.C18H20O4/c1-12-9-17(28-20(12)25)27-11-16-15-10-13-7-5-6-8-14(13)18(15)23(19(16)24)21(26)29-22(2,3)4;1-10-6-17(22-18(10)20)21-9-15-13-7-11-4-2-3-5-12(11)14(13)8-16(15)19/h9,11,15,17-18H,5-8,10H2,1-4H3;6,9,13-14,17H,2-5,7-8H2,1H3/b16-11+;15-9+/t15-,17?,18-;13-,14+,17?/m10/s1. The first kappa shape index (κ1) is 35.0. The molecular formula is C40H47NO10. The Morgan fingerprint density at radius 2 is 1.25 bits per heavy atom. The first-order chi connectivity index (χ1) is 24.3. The van der Waals surface area contributed by atoms with E-state index in [9.17, 15) is 24.0 Å². The molecule has 0 N–H and O–H groups in total. The molecule has 0 spiro atoms. The first-order valence-corrected chi connectivity index (χ1v) is 18.3. The second-order valence-corrected chi connectivity index (χ2v) is 15.8. The van der Waals surface area contributed by atoms with Crippen molar-refractivity contribution in [2.24, 2.45) is 17.8 Å². The summed E-state index contributed by atoms with van der Waals surface area (Å²) < 4.78 is 26.8. The van der Waals surface area contributed by atoms with Crippen LogP contribution in [-0.4, -0.2) is 58.8 Å². The van der Waals surface area contributed by atoms with Crippen LogP contribution in [0, 0.1) is 17.8 Å². The number of hydrogen-bond acceptors (Lipinski definition) is 10. The molecule has 3 heterocycles. The number of ketones is 1. The van der Waals surface area contributed by atoms with Gasteiger partial charge in [0.15, 0.2) is 5.78 Å². The average molecular weight is 702 g/mol. The summed E-state index contributed by atoms with van der Waals surface area (Å²) in [6.07, 6.45) is 15.4. The number of rotatable bonds is 4. The second kappa shape index (κ2) is 13.6. The molecule has 1 saturated carbocycles. The van der Waals surface area contributed by atoms with E-state index in [1.807, 2.05) is 0 Å². The van der Waals surface area contributed by atoms with E-state index in [-0.39, 0.29) is 29.6 Å². The molecule has 0 aromatic carbocycles. The van der Waals surface area contributed by atoms with Gasteiger partial charge in [-0.1, -0.05) is 16.7 Å². The van der Waals surface area contributed by atoms with E-state index in [1.54, 1.807) is 64.2 Å². The maximum atomic E-state index is 13.2. The van der Waals surface area contributed by atoms with E-state index < -0.39 is 36.2 Å². The fourth-order valence-corrected chi connectivity index (χ4v) is 8.90. The number of likely N-dealkylation sites (tertiary alicyclic amines) is 1. The Labute approximate surface area is 298 Å². The number of imide groups is 1. The minimum absolute atomic E-state index is 0.139. The molecule has 0 aromatic rings. The van der Waals surface area contributed by atoms with Crippen LogP contribution < -0.4 is 0 Å². The van der Waals surface area contributed by atoms with Crippen LogP contribution in [0.2, 0.25) is 0 Å². The zero-order chi connectivity index (χ0) is 36.2. The van der Waals surface area contributed by atoms with Crippen LogP contribution in [0.15, 0.2) is 69.3 Å². The van der Waals surface area contributed by atoms with Crippen molar-refractivity contribution >= 4 is 29.7 Å². The predicted molar refractivity (Wildman–Crippen MR) is 183 cm³/mol. The van der Waals surface area contributed by atoms with Crippen molar-refractivity contribution in [3.05, 3.63) is 69.3 Å². The number of carbonyl (C=O) groups excluding carboxylic acids is 5. The highest BCUT2D eigenvalue weighted by Gasteiger charge is 2.54. The predicted octanol–water partition coefficient (Wildman–Crippen LogP) is 6.95. The van der Waals surface area contributed by atoms with E-state index in [4.69, 9.17) is 23.7 Å². The van der Waals surface area contributed by atoms with Crippen LogP contribution in [0.25, 0.3) is 0 Å². The van der Waals surface area contributed by atoms with Gasteiger partial charge in [-0.15, -0.1) is 0 Å². The quantitative estimate of drug-likeness (QED) is 0.0997. The van der Waals surface area contributed by atoms with Crippen LogP contribution in [-0.2, 0) is 42.9 Å². The molecule has 0 radical (unpaired) electrons. The Kier molecular flexibility index (Phi) is 9.35. The molecule has 0 aromatic heterocycles. The molecule has 3 aliphatic heterocycles. The third-order valence-electron chi connectivity index (χ3n) is 11.2. The molecule has 6 atom stereocenters. The van der Waals surface area contributed by atoms with Gasteiger partial charge in [0.05, 0.1) is 24.1 Å². The fourth-order valence-electron chi connectivity index (χ4n) is 8.90. The Bertz CT molecular complexity index is 1750. The molecule has 8 aliphatic rings. The lowest BCUT2D eigenvalue weighted by atomic mass is 9.88. The van der Waals surface area contributed by atoms with Crippen molar-refractivity contribution in [3.63, 3.8) is 0 Å². The molecule has 2 amide bonds. The third-order valence-corrected chi connectivity index (χ3v) is 11.2. The highest BCUT2D eigenvalue weighted by molar-refractivity contribution is 6.06. The number of allylic oxidation sites excluding steroid dienone is 4. The van der Waals surface area contributed by atoms with Gasteiger partial charge in [-0.3, -0.25) is 9.59 Å². The van der Waals surface area contributed by atoms with Gasteiger partial charge in [0.1, 0.15) is 5.60 Å². The van der Waals surface area contributed by atoms with Gasteiger partial charge >= 0.3 is 18.0 Å². The molecule has 8 rings (SSSR count). The van der Waals surface area contributed by atoms with Crippen molar-refractivity contribution in [2.75, 3.05) is 0 Å². The Morgan fingerprint density at radius 1 is 0.725 bits per heavy atom. The van der Waals surface area contributed by atoms with Gasteiger partial charge in [0.25, 0.3) is 18.5 Å². The average Bonchev–Trinajstić information content (AvgIpc) is 3.89. The van der Waals surface area contributed by atoms with Gasteiger partial charge in [0, 0.05) is 47.1 Å². The third kappa shape index (κ3) is 6.83. The van der Waals surface area contributed by atoms with Crippen LogP contribution in [0.5, 0.6) is 0 Å². The number of esters is 2. The molecule has 11 heteroatoms. The highest BCUT2D eigenvalue weighted by Crippen LogP contribution is 2.53. The lowest BCUT2D eigenvalue weighted by molar-refractivity contribution is -0.153. The highest BCUT2D eigenvalue weighted by atomic mass is 16.7. The van der Waals surface area contributed by atoms with Crippen molar-refractivity contribution < 1.29 is 47.7 Å². The van der Waals surface area contributed by atoms with Crippen molar-refractivity contribution in [1.29, 1.82) is 0 Å². The smallest absolute Gasteiger partial charge is 0.417 e. The SMILES string of the molecule is CC1=CC(O/C=C2/C(=O)C[C@@H]3C4=C(CCCC4)C[C@H]23)OC1=O.CC1=CC(O/C=C2/C(=O)N(C(=O)OC(C)(C)C)[C@@H]3C4=C(CCCC4)C[C@H]23)OC1=O. The van der Waals surface area contributed by atoms with E-state index in [2.05, 4.69) is 0 Å². The van der Waals surface area contributed by atoms with Crippen molar-refractivity contribution in [1.82, 2.24) is 4.90 Å². The maximum Gasteiger partial charge on any atom is 0.417 e. The van der Waals surface area contributed by atoms with E-state index in [0.29, 0.717) is 29.1 Å². The molecule has 2 fully saturated rings. The Morgan fingerprint density at radius 3 is 1.82 bits per heavy atom. The van der Waals surface area contributed by atoms with E-state index in [1.165, 1.54) is 48.0 Å². The van der Waals surface area contributed by atoms with Crippen molar-refractivity contribution in [2.45, 2.75) is 129 Å². The van der Waals surface area contributed by atoms with Gasteiger partial charge < -0.3 is 23.7 Å². The molecule has 272 valence electrons. The van der Waals surface area contributed by atoms with Crippen LogP contribution in [0.3, 0.4) is 0 Å². The number of fused-ring (bicyclic) bond motifs is 4. The number of hydrogen-bond donors (Lipinski definition) is 0. The summed E-state index contributed by atoms with van der Waals surface area (Å²) in [7, 11) is 0. The van der Waals surface area contributed by atoms with Gasteiger partial charge in [0.2, 0.25) is 0 Å². The topological polar surface area (TPSA) is 135 Å². The summed E-state index contributed by atoms with van der Waals surface area (Å²) in [6, 6.07) is -0.300. The Hall–Kier alpha value is -4.41. The maximum absolute atomic E-state index is 13.2. The lowest BCUT2D eigenvalue weighted by Gasteiger charge is -2.29. The summed E-state index contributed by atoms with van der Waals surface area (Å²) >= 11 is 0. The van der Waals surface area contributed by atoms with Crippen LogP contribution >= 0.6 is 0 Å². The summed E-state index contributed by atoms with van der Waals surface area (Å²) in [5, 5.41) is 0. The molecular weight excluding hydrogens is 654 g/mol. The Balaban J connectivity index is 0.000000165. The monoisotopic (exact) mass is 701 g/mol. The molecule has 11 nitrogen and oxygen atoms in total. The lowest BCUT2D eigenvalue weighted by Crippen LogP contribution is -2.43. The number of cyclic esters (lactones) is 2. The molecule has 51 heavy (non-hydrogen) atoms. The minimum atomic E-state index is -0.846. The molecule has 1 saturated heterocycles. The molecule has 5 aliphatic carbocycles. The molecule has 0 bridgehead atoms. The number of carbonyl (C=O) groups is 5. The van der Waals surface area contributed by atoms with Crippen LogP contribution in [0.1, 0.15) is 105 Å². The van der Waals surface area contributed by atoms with E-state index >= 15 is 0 Å². The largest absolute Gasteiger partial charge is 0.458 e. The number of Topliss-reactive ketones (excluding diaryl/α,β-unsaturated/α-hetero) is 1. The number of amides is 2. The van der Waals surface area contributed by atoms with Crippen molar-refractivity contribution in [3.8, 4) is 0 Å². The number of ether oxygens (including phenoxy) is 5. The summed E-state index contributed by atoms with van der Waals surface area (Å²) in [5.74, 6) is -0.429. The summed E-state index contributed by atoms with van der Waals surface area (Å²) in [5.41, 5.74) is 7.23. The minimum Gasteiger partial charge on any atom is -0.458 e. The second-order valence-electron chi connectivity index (χ2n) is 15.8. The zero-order valence-corrected chi connectivity index (χ0v) is 30.1. The number of nitrogens with zero attached hydrogens (tertiary/aromatic N) is 1. The fraction of sp³-hybridized carbons (Fsp3) is 0.575. The van der Waals surface area contributed by atoms with Gasteiger partial charge in [-0.2, -0.15) is 0 Å². The summed E-state index contributed by atoms with van der Waals surface area (Å²) in [4.78, 5) is 62.5. The summed E-state index contributed by atoms with van der Waals surface area (Å²) in [6.45, 7) is 8.70. The van der Waals surface area contributed by atoms with Gasteiger partial charge in [-0.05, 0) is 110 Å².